The number of benzene rings is 2. The van der Waals surface area contributed by atoms with Gasteiger partial charge >= 0.3 is 0 Å². The number of pyridine rings is 1. The van der Waals surface area contributed by atoms with Crippen molar-refractivity contribution < 1.29 is 13.6 Å². The minimum absolute atomic E-state index is 0.150. The SMILES string of the molecule is O=C(c1cncc(Nc2c(F)cccc2F)c1)N1CCN(c2ccccc2)CC1. The van der Waals surface area contributed by atoms with E-state index in [2.05, 4.69) is 27.3 Å². The highest BCUT2D eigenvalue weighted by Gasteiger charge is 2.23. The average molecular weight is 394 g/mol. The van der Waals surface area contributed by atoms with E-state index in [1.807, 2.05) is 18.2 Å². The van der Waals surface area contributed by atoms with Gasteiger partial charge in [0.05, 0.1) is 17.4 Å². The van der Waals surface area contributed by atoms with Crippen LogP contribution < -0.4 is 10.2 Å². The van der Waals surface area contributed by atoms with Gasteiger partial charge in [-0.05, 0) is 30.3 Å². The molecule has 0 unspecified atom stereocenters. The Balaban J connectivity index is 1.44. The van der Waals surface area contributed by atoms with Gasteiger partial charge in [-0.15, -0.1) is 0 Å². The van der Waals surface area contributed by atoms with Crippen molar-refractivity contribution in [1.82, 2.24) is 9.88 Å². The van der Waals surface area contributed by atoms with E-state index in [4.69, 9.17) is 0 Å². The molecule has 2 aromatic carbocycles. The third-order valence-electron chi connectivity index (χ3n) is 4.91. The van der Waals surface area contributed by atoms with Crippen LogP contribution in [0.1, 0.15) is 10.4 Å². The summed E-state index contributed by atoms with van der Waals surface area (Å²) in [6.07, 6.45) is 2.89. The summed E-state index contributed by atoms with van der Waals surface area (Å²) >= 11 is 0. The van der Waals surface area contributed by atoms with Crippen LogP contribution in [-0.2, 0) is 0 Å². The van der Waals surface area contributed by atoms with Gasteiger partial charge in [0, 0.05) is 38.1 Å². The topological polar surface area (TPSA) is 48.5 Å². The van der Waals surface area contributed by atoms with Crippen molar-refractivity contribution in [2.45, 2.75) is 0 Å². The fourth-order valence-electron chi connectivity index (χ4n) is 3.38. The van der Waals surface area contributed by atoms with Crippen molar-refractivity contribution in [1.29, 1.82) is 0 Å². The van der Waals surface area contributed by atoms with E-state index in [9.17, 15) is 13.6 Å². The number of amides is 1. The molecular formula is C22H20F2N4O. The Bertz CT molecular complexity index is 984. The number of anilines is 3. The lowest BCUT2D eigenvalue weighted by molar-refractivity contribution is 0.0746. The van der Waals surface area contributed by atoms with Crippen LogP contribution in [0.2, 0.25) is 0 Å². The summed E-state index contributed by atoms with van der Waals surface area (Å²) in [5, 5.41) is 2.68. The molecule has 1 aliphatic heterocycles. The molecule has 1 amide bonds. The van der Waals surface area contributed by atoms with Crippen molar-refractivity contribution in [2.75, 3.05) is 36.4 Å². The van der Waals surface area contributed by atoms with Gasteiger partial charge in [-0.1, -0.05) is 24.3 Å². The van der Waals surface area contributed by atoms with Crippen LogP contribution in [0, 0.1) is 11.6 Å². The minimum atomic E-state index is -0.709. The van der Waals surface area contributed by atoms with Gasteiger partial charge in [0.1, 0.15) is 17.3 Å². The number of para-hydroxylation sites is 2. The summed E-state index contributed by atoms with van der Waals surface area (Å²) in [6, 6.07) is 15.3. The standard InChI is InChI=1S/C22H20F2N4O/c23-19-7-4-8-20(24)21(19)26-17-13-16(14-25-15-17)22(29)28-11-9-27(10-12-28)18-5-2-1-3-6-18/h1-8,13-15,26H,9-12H2. The maximum Gasteiger partial charge on any atom is 0.255 e. The molecule has 1 fully saturated rings. The number of hydrogen-bond donors (Lipinski definition) is 1. The van der Waals surface area contributed by atoms with Gasteiger partial charge in [-0.3, -0.25) is 9.78 Å². The lowest BCUT2D eigenvalue weighted by atomic mass is 10.2. The molecule has 0 spiro atoms. The predicted octanol–water partition coefficient (Wildman–Crippen LogP) is 4.07. The van der Waals surface area contributed by atoms with Gasteiger partial charge < -0.3 is 15.1 Å². The molecule has 0 bridgehead atoms. The third kappa shape index (κ3) is 4.18. The van der Waals surface area contributed by atoms with Gasteiger partial charge in [0.15, 0.2) is 0 Å². The van der Waals surface area contributed by atoms with E-state index in [0.29, 0.717) is 24.3 Å². The Morgan fingerprint density at radius 3 is 2.28 bits per heavy atom. The molecule has 0 atom stereocenters. The smallest absolute Gasteiger partial charge is 0.255 e. The first-order valence-electron chi connectivity index (χ1n) is 9.37. The number of nitrogens with zero attached hydrogens (tertiary/aromatic N) is 3. The molecule has 3 aromatic rings. The molecule has 2 heterocycles. The zero-order valence-corrected chi connectivity index (χ0v) is 15.7. The van der Waals surface area contributed by atoms with E-state index < -0.39 is 11.6 Å². The van der Waals surface area contributed by atoms with Crippen molar-refractivity contribution in [2.24, 2.45) is 0 Å². The van der Waals surface area contributed by atoms with Gasteiger partial charge in [0.25, 0.3) is 5.91 Å². The Kier molecular flexibility index (Phi) is 5.37. The maximum atomic E-state index is 13.9. The number of piperazine rings is 1. The van der Waals surface area contributed by atoms with Crippen molar-refractivity contribution in [3.8, 4) is 0 Å². The first-order valence-corrected chi connectivity index (χ1v) is 9.37. The Morgan fingerprint density at radius 1 is 0.897 bits per heavy atom. The highest BCUT2D eigenvalue weighted by Crippen LogP contribution is 2.24. The molecule has 148 valence electrons. The Hall–Kier alpha value is -3.48. The quantitative estimate of drug-likeness (QED) is 0.725. The molecule has 0 aliphatic carbocycles. The van der Waals surface area contributed by atoms with Crippen molar-refractivity contribution in [3.05, 3.63) is 84.2 Å². The van der Waals surface area contributed by atoms with Gasteiger partial charge in [-0.25, -0.2) is 8.78 Å². The zero-order valence-electron chi connectivity index (χ0n) is 15.7. The zero-order chi connectivity index (χ0) is 20.2. The molecular weight excluding hydrogens is 374 g/mol. The van der Waals surface area contributed by atoms with Gasteiger partial charge in [-0.2, -0.15) is 0 Å². The lowest BCUT2D eigenvalue weighted by Gasteiger charge is -2.36. The lowest BCUT2D eigenvalue weighted by Crippen LogP contribution is -2.48. The molecule has 5 nitrogen and oxygen atoms in total. The number of carbonyl (C=O) groups is 1. The maximum absolute atomic E-state index is 13.9. The van der Waals surface area contributed by atoms with E-state index in [0.717, 1.165) is 18.8 Å². The fraction of sp³-hybridized carbons (Fsp3) is 0.182. The number of hydrogen-bond acceptors (Lipinski definition) is 4. The predicted molar refractivity (Wildman–Crippen MR) is 108 cm³/mol. The largest absolute Gasteiger partial charge is 0.368 e. The number of carbonyl (C=O) groups excluding carboxylic acids is 1. The highest BCUT2D eigenvalue weighted by molar-refractivity contribution is 5.95. The molecule has 1 saturated heterocycles. The molecule has 1 aliphatic rings. The summed E-state index contributed by atoms with van der Waals surface area (Å²) in [5.74, 6) is -1.57. The molecule has 29 heavy (non-hydrogen) atoms. The van der Waals surface area contributed by atoms with Crippen LogP contribution in [0.15, 0.2) is 67.0 Å². The monoisotopic (exact) mass is 394 g/mol. The molecule has 4 rings (SSSR count). The number of rotatable bonds is 4. The van der Waals surface area contributed by atoms with Gasteiger partial charge in [0.2, 0.25) is 0 Å². The van der Waals surface area contributed by atoms with Crippen LogP contribution in [0.3, 0.4) is 0 Å². The number of nitrogens with one attached hydrogen (secondary N) is 1. The average Bonchev–Trinajstić information content (AvgIpc) is 2.77. The molecule has 1 N–H and O–H groups in total. The van der Waals surface area contributed by atoms with Crippen molar-refractivity contribution in [3.63, 3.8) is 0 Å². The summed E-state index contributed by atoms with van der Waals surface area (Å²) in [5.41, 5.74) is 1.59. The van der Waals surface area contributed by atoms with Crippen LogP contribution in [-0.4, -0.2) is 42.0 Å². The number of halogens is 2. The summed E-state index contributed by atoms with van der Waals surface area (Å²) in [6.45, 7) is 2.66. The van der Waals surface area contributed by atoms with Crippen LogP contribution >= 0.6 is 0 Å². The molecule has 0 saturated carbocycles. The second-order valence-electron chi connectivity index (χ2n) is 6.80. The summed E-state index contributed by atoms with van der Waals surface area (Å²) in [7, 11) is 0. The first-order chi connectivity index (χ1) is 14.1. The van der Waals surface area contributed by atoms with Crippen LogP contribution in [0.25, 0.3) is 0 Å². The van der Waals surface area contributed by atoms with Crippen molar-refractivity contribution >= 4 is 23.0 Å². The molecule has 1 aromatic heterocycles. The van der Waals surface area contributed by atoms with E-state index in [-0.39, 0.29) is 11.6 Å². The Labute approximate surface area is 167 Å². The number of aromatic nitrogens is 1. The van der Waals surface area contributed by atoms with E-state index in [1.165, 1.54) is 30.6 Å². The summed E-state index contributed by atoms with van der Waals surface area (Å²) < 4.78 is 27.7. The molecule has 0 radical (unpaired) electrons. The fourth-order valence-corrected chi connectivity index (χ4v) is 3.38. The van der Waals surface area contributed by atoms with Crippen LogP contribution in [0.5, 0.6) is 0 Å². The molecule has 7 heteroatoms. The first kappa shape index (κ1) is 18.9. The minimum Gasteiger partial charge on any atom is -0.368 e. The normalized spacial score (nSPS) is 14.0. The van der Waals surface area contributed by atoms with Crippen LogP contribution in [0.4, 0.5) is 25.8 Å². The highest BCUT2D eigenvalue weighted by atomic mass is 19.1. The van der Waals surface area contributed by atoms with E-state index in [1.54, 1.807) is 11.0 Å². The second-order valence-corrected chi connectivity index (χ2v) is 6.80. The third-order valence-corrected chi connectivity index (χ3v) is 4.91. The summed E-state index contributed by atoms with van der Waals surface area (Å²) in [4.78, 5) is 20.9. The second kappa shape index (κ2) is 8.26. The van der Waals surface area contributed by atoms with E-state index >= 15 is 0 Å². The Morgan fingerprint density at radius 2 is 1.59 bits per heavy atom.